The van der Waals surface area contributed by atoms with Gasteiger partial charge in [-0.25, -0.2) is 4.90 Å². The van der Waals surface area contributed by atoms with Gasteiger partial charge in [-0.15, -0.1) is 0 Å². The van der Waals surface area contributed by atoms with Crippen molar-refractivity contribution in [3.63, 3.8) is 0 Å². The van der Waals surface area contributed by atoms with Crippen LogP contribution in [-0.2, 0) is 9.59 Å². The maximum Gasteiger partial charge on any atom is 0.282 e. The summed E-state index contributed by atoms with van der Waals surface area (Å²) in [7, 11) is 3.08. The molecule has 0 radical (unpaired) electrons. The van der Waals surface area contributed by atoms with E-state index in [1.165, 1.54) is 14.2 Å². The predicted octanol–water partition coefficient (Wildman–Crippen LogP) is 4.72. The van der Waals surface area contributed by atoms with Crippen molar-refractivity contribution < 1.29 is 19.1 Å². The fourth-order valence-corrected chi connectivity index (χ4v) is 3.69. The third-order valence-electron chi connectivity index (χ3n) is 5.55. The first-order chi connectivity index (χ1) is 15.4. The molecule has 0 saturated carbocycles. The van der Waals surface area contributed by atoms with Crippen LogP contribution in [0.1, 0.15) is 16.7 Å². The monoisotopic (exact) mass is 428 g/mol. The third kappa shape index (κ3) is 3.71. The highest BCUT2D eigenvalue weighted by atomic mass is 16.5. The number of carbonyl (C=O) groups is 2. The van der Waals surface area contributed by atoms with Gasteiger partial charge in [-0.1, -0.05) is 30.3 Å². The zero-order chi connectivity index (χ0) is 22.8. The van der Waals surface area contributed by atoms with Gasteiger partial charge in [-0.3, -0.25) is 9.59 Å². The molecule has 0 aromatic heterocycles. The summed E-state index contributed by atoms with van der Waals surface area (Å²) >= 11 is 0. The number of nitrogens with zero attached hydrogens (tertiary/aromatic N) is 1. The highest BCUT2D eigenvalue weighted by Crippen LogP contribution is 2.38. The first kappa shape index (κ1) is 21.2. The van der Waals surface area contributed by atoms with Crippen molar-refractivity contribution in [2.45, 2.75) is 13.8 Å². The number of aryl methyl sites for hydroxylation is 2. The summed E-state index contributed by atoms with van der Waals surface area (Å²) in [5.41, 5.74) is 4.38. The van der Waals surface area contributed by atoms with E-state index in [1.54, 1.807) is 36.4 Å². The Morgan fingerprint density at radius 3 is 2.28 bits per heavy atom. The summed E-state index contributed by atoms with van der Waals surface area (Å²) in [6.07, 6.45) is 0. The molecule has 3 aromatic carbocycles. The Morgan fingerprint density at radius 1 is 0.781 bits per heavy atom. The molecule has 0 unspecified atom stereocenters. The number of anilines is 2. The molecule has 162 valence electrons. The van der Waals surface area contributed by atoms with Crippen LogP contribution >= 0.6 is 0 Å². The molecule has 4 rings (SSSR count). The molecule has 2 amide bonds. The van der Waals surface area contributed by atoms with E-state index in [4.69, 9.17) is 9.47 Å². The van der Waals surface area contributed by atoms with Gasteiger partial charge in [0.2, 0.25) is 0 Å². The zero-order valence-electron chi connectivity index (χ0n) is 18.4. The minimum atomic E-state index is -0.442. The fourth-order valence-electron chi connectivity index (χ4n) is 3.69. The van der Waals surface area contributed by atoms with Gasteiger partial charge in [0.15, 0.2) is 0 Å². The second-order valence-electron chi connectivity index (χ2n) is 7.52. The molecule has 0 saturated heterocycles. The molecule has 0 spiro atoms. The quantitative estimate of drug-likeness (QED) is 0.576. The summed E-state index contributed by atoms with van der Waals surface area (Å²) < 4.78 is 10.8. The standard InChI is InChI=1S/C26H24N2O4/c1-16-12-13-18(14-17(16)2)27-24-23(21-10-5-6-11-22(21)32-4)25(29)28(26(24)30)19-8-7-9-20(15-19)31-3/h5-15,27H,1-4H3. The largest absolute Gasteiger partial charge is 0.497 e. The molecule has 0 bridgehead atoms. The molecular weight excluding hydrogens is 404 g/mol. The van der Waals surface area contributed by atoms with Gasteiger partial charge in [0.25, 0.3) is 11.8 Å². The SMILES string of the molecule is COc1cccc(N2C(=O)C(Nc3ccc(C)c(C)c3)=C(c3ccccc3OC)C2=O)c1. The van der Waals surface area contributed by atoms with Crippen LogP contribution in [0, 0.1) is 13.8 Å². The first-order valence-electron chi connectivity index (χ1n) is 10.2. The molecule has 0 aliphatic carbocycles. The van der Waals surface area contributed by atoms with Crippen molar-refractivity contribution in [3.05, 3.63) is 89.1 Å². The number of methoxy groups -OCH3 is 2. The van der Waals surface area contributed by atoms with Crippen LogP contribution < -0.4 is 19.7 Å². The van der Waals surface area contributed by atoms with Crippen LogP contribution in [-0.4, -0.2) is 26.0 Å². The number of hydrogen-bond donors (Lipinski definition) is 1. The second-order valence-corrected chi connectivity index (χ2v) is 7.52. The summed E-state index contributed by atoms with van der Waals surface area (Å²) in [6, 6.07) is 19.9. The van der Waals surface area contributed by atoms with E-state index in [0.29, 0.717) is 22.7 Å². The zero-order valence-corrected chi connectivity index (χ0v) is 18.4. The number of carbonyl (C=O) groups excluding carboxylic acids is 2. The Bertz CT molecular complexity index is 1250. The van der Waals surface area contributed by atoms with Gasteiger partial charge in [-0.05, 0) is 55.3 Å². The number of imide groups is 1. The number of amides is 2. The lowest BCUT2D eigenvalue weighted by molar-refractivity contribution is -0.120. The number of para-hydroxylation sites is 1. The number of nitrogens with one attached hydrogen (secondary N) is 1. The molecule has 3 aromatic rings. The van der Waals surface area contributed by atoms with Crippen LogP contribution in [0.15, 0.2) is 72.4 Å². The minimum absolute atomic E-state index is 0.200. The Labute approximate surface area is 187 Å². The van der Waals surface area contributed by atoms with Crippen LogP contribution in [0.3, 0.4) is 0 Å². The lowest BCUT2D eigenvalue weighted by Crippen LogP contribution is -2.32. The van der Waals surface area contributed by atoms with Crippen molar-refractivity contribution >= 4 is 28.8 Å². The maximum atomic E-state index is 13.6. The second kappa shape index (κ2) is 8.59. The molecular formula is C26H24N2O4. The molecule has 1 N–H and O–H groups in total. The minimum Gasteiger partial charge on any atom is -0.497 e. The van der Waals surface area contributed by atoms with Crippen LogP contribution in [0.25, 0.3) is 5.57 Å². The topological polar surface area (TPSA) is 67.9 Å². The van der Waals surface area contributed by atoms with Gasteiger partial charge in [0, 0.05) is 17.3 Å². The van der Waals surface area contributed by atoms with Crippen LogP contribution in [0.2, 0.25) is 0 Å². The van der Waals surface area contributed by atoms with E-state index >= 15 is 0 Å². The fraction of sp³-hybridized carbons (Fsp3) is 0.154. The summed E-state index contributed by atoms with van der Waals surface area (Å²) in [5, 5.41) is 3.20. The van der Waals surface area contributed by atoms with Crippen LogP contribution in [0.4, 0.5) is 11.4 Å². The number of benzene rings is 3. The van der Waals surface area contributed by atoms with E-state index < -0.39 is 11.8 Å². The summed E-state index contributed by atoms with van der Waals surface area (Å²) in [6.45, 7) is 4.02. The van der Waals surface area contributed by atoms with Crippen molar-refractivity contribution in [2.75, 3.05) is 24.4 Å². The first-order valence-corrected chi connectivity index (χ1v) is 10.2. The molecule has 1 heterocycles. The third-order valence-corrected chi connectivity index (χ3v) is 5.55. The van der Waals surface area contributed by atoms with E-state index in [2.05, 4.69) is 5.32 Å². The Hall–Kier alpha value is -4.06. The van der Waals surface area contributed by atoms with Crippen molar-refractivity contribution in [3.8, 4) is 11.5 Å². The molecule has 32 heavy (non-hydrogen) atoms. The lowest BCUT2D eigenvalue weighted by Gasteiger charge is -2.16. The highest BCUT2D eigenvalue weighted by molar-refractivity contribution is 6.46. The molecule has 6 nitrogen and oxygen atoms in total. The molecule has 1 aliphatic heterocycles. The summed E-state index contributed by atoms with van der Waals surface area (Å²) in [4.78, 5) is 28.3. The Balaban J connectivity index is 1.86. The van der Waals surface area contributed by atoms with Crippen molar-refractivity contribution in [1.29, 1.82) is 0 Å². The van der Waals surface area contributed by atoms with Gasteiger partial charge in [0.05, 0.1) is 25.5 Å². The van der Waals surface area contributed by atoms with Gasteiger partial charge in [0.1, 0.15) is 17.2 Å². The van der Waals surface area contributed by atoms with E-state index in [1.807, 2.05) is 44.2 Å². The average molecular weight is 428 g/mol. The van der Waals surface area contributed by atoms with Crippen LogP contribution in [0.5, 0.6) is 11.5 Å². The average Bonchev–Trinajstić information content (AvgIpc) is 3.05. The highest BCUT2D eigenvalue weighted by Gasteiger charge is 2.41. The normalized spacial score (nSPS) is 13.6. The predicted molar refractivity (Wildman–Crippen MR) is 125 cm³/mol. The van der Waals surface area contributed by atoms with Gasteiger partial charge in [-0.2, -0.15) is 0 Å². The maximum absolute atomic E-state index is 13.6. The van der Waals surface area contributed by atoms with E-state index in [-0.39, 0.29) is 11.3 Å². The molecule has 1 aliphatic rings. The Morgan fingerprint density at radius 2 is 1.56 bits per heavy atom. The molecule has 0 atom stereocenters. The molecule has 0 fully saturated rings. The molecule has 6 heteroatoms. The number of hydrogen-bond acceptors (Lipinski definition) is 5. The van der Waals surface area contributed by atoms with E-state index in [9.17, 15) is 9.59 Å². The summed E-state index contributed by atoms with van der Waals surface area (Å²) in [5.74, 6) is 0.189. The van der Waals surface area contributed by atoms with E-state index in [0.717, 1.165) is 21.7 Å². The Kier molecular flexibility index (Phi) is 5.69. The lowest BCUT2D eigenvalue weighted by atomic mass is 10.0. The van der Waals surface area contributed by atoms with Gasteiger partial charge < -0.3 is 14.8 Å². The van der Waals surface area contributed by atoms with Gasteiger partial charge >= 0.3 is 0 Å². The van der Waals surface area contributed by atoms with Crippen molar-refractivity contribution in [2.24, 2.45) is 0 Å². The smallest absolute Gasteiger partial charge is 0.282 e. The number of rotatable bonds is 6. The van der Waals surface area contributed by atoms with Crippen molar-refractivity contribution in [1.82, 2.24) is 0 Å². The number of ether oxygens (including phenoxy) is 2.